The molecule has 0 spiro atoms. The molecule has 2 aliphatic heterocycles. The van der Waals surface area contributed by atoms with E-state index in [9.17, 15) is 4.79 Å². The van der Waals surface area contributed by atoms with Gasteiger partial charge in [-0.25, -0.2) is 4.99 Å². The summed E-state index contributed by atoms with van der Waals surface area (Å²) in [6.45, 7) is 2.02. The highest BCUT2D eigenvalue weighted by molar-refractivity contribution is 14.1. The van der Waals surface area contributed by atoms with Crippen LogP contribution in [0.25, 0.3) is 0 Å². The van der Waals surface area contributed by atoms with Crippen LogP contribution < -0.4 is 0 Å². The Labute approximate surface area is 102 Å². The van der Waals surface area contributed by atoms with Gasteiger partial charge in [-0.1, -0.05) is 6.92 Å². The molecule has 4 heteroatoms. The molecule has 0 aromatic carbocycles. The number of carbonyl (C=O) groups is 1. The van der Waals surface area contributed by atoms with E-state index < -0.39 is 0 Å². The maximum atomic E-state index is 11.7. The number of nitrogens with zero attached hydrogens (tertiary/aromatic N) is 2. The Bertz CT molecular complexity index is 418. The summed E-state index contributed by atoms with van der Waals surface area (Å²) in [4.78, 5) is 16.0. The van der Waals surface area contributed by atoms with Crippen LogP contribution in [0.5, 0.6) is 0 Å². The summed E-state index contributed by atoms with van der Waals surface area (Å²) in [5.74, 6) is 0.213. The number of rotatable bonds is 3. The molecule has 2 rings (SSSR count). The number of allylic oxidation sites excluding steroid dienone is 2. The van der Waals surface area contributed by atoms with E-state index in [0.717, 1.165) is 15.7 Å². The summed E-state index contributed by atoms with van der Waals surface area (Å²) in [6, 6.07) is 0. The molecule has 0 amide bonds. The van der Waals surface area contributed by atoms with E-state index in [1.54, 1.807) is 0 Å². The SMILES string of the molecule is CCCC(=O)C1=CC2N=CC(I)=[N+]2C=C1. The molecule has 1 atom stereocenters. The van der Waals surface area contributed by atoms with Crippen LogP contribution in [0.3, 0.4) is 0 Å². The maximum absolute atomic E-state index is 11.7. The molecule has 0 saturated heterocycles. The number of aliphatic imine (C=N–C) groups is 1. The van der Waals surface area contributed by atoms with E-state index in [-0.39, 0.29) is 11.9 Å². The molecule has 1 unspecified atom stereocenters. The normalized spacial score (nSPS) is 23.1. The summed E-state index contributed by atoms with van der Waals surface area (Å²) in [5, 5.41) is 0. The topological polar surface area (TPSA) is 32.4 Å². The van der Waals surface area contributed by atoms with Gasteiger partial charge in [0.25, 0.3) is 9.88 Å². The lowest BCUT2D eigenvalue weighted by atomic mass is 10.0. The van der Waals surface area contributed by atoms with Crippen molar-refractivity contribution in [1.82, 2.24) is 0 Å². The summed E-state index contributed by atoms with van der Waals surface area (Å²) < 4.78 is 3.13. The van der Waals surface area contributed by atoms with Crippen LogP contribution in [0.15, 0.2) is 28.9 Å². The van der Waals surface area contributed by atoms with Crippen molar-refractivity contribution in [3.63, 3.8) is 0 Å². The van der Waals surface area contributed by atoms with E-state index in [1.165, 1.54) is 0 Å². The van der Waals surface area contributed by atoms with Gasteiger partial charge in [0.05, 0.1) is 0 Å². The van der Waals surface area contributed by atoms with Gasteiger partial charge in [0.1, 0.15) is 6.21 Å². The highest BCUT2D eigenvalue weighted by atomic mass is 127. The summed E-state index contributed by atoms with van der Waals surface area (Å²) in [7, 11) is 0. The third-order valence-electron chi connectivity index (χ3n) is 2.41. The Morgan fingerprint density at radius 3 is 3.20 bits per heavy atom. The number of hydrogen-bond donors (Lipinski definition) is 0. The first kappa shape index (κ1) is 10.7. The van der Waals surface area contributed by atoms with Crippen molar-refractivity contribution >= 4 is 38.3 Å². The quantitative estimate of drug-likeness (QED) is 0.580. The van der Waals surface area contributed by atoms with Crippen molar-refractivity contribution in [3.8, 4) is 0 Å². The number of fused-ring (bicyclic) bond motifs is 1. The van der Waals surface area contributed by atoms with E-state index in [0.29, 0.717) is 6.42 Å². The molecule has 2 aliphatic rings. The molecule has 0 radical (unpaired) electrons. The molecular formula is C11H12IN2O+. The Hall–Kier alpha value is -0.780. The van der Waals surface area contributed by atoms with Gasteiger partial charge in [-0.3, -0.25) is 4.79 Å². The van der Waals surface area contributed by atoms with Crippen LogP contribution in [-0.2, 0) is 4.79 Å². The van der Waals surface area contributed by atoms with Crippen LogP contribution in [0.4, 0.5) is 0 Å². The number of Topliss-reactive ketones (excluding diaryl/α,β-unsaturated/α-hetero) is 1. The van der Waals surface area contributed by atoms with Crippen LogP contribution >= 0.6 is 22.6 Å². The predicted molar refractivity (Wildman–Crippen MR) is 68.7 cm³/mol. The minimum absolute atomic E-state index is 0.00212. The van der Waals surface area contributed by atoms with Crippen LogP contribution in [-0.4, -0.2) is 26.5 Å². The minimum Gasteiger partial charge on any atom is -0.294 e. The van der Waals surface area contributed by atoms with Crippen molar-refractivity contribution < 1.29 is 9.37 Å². The third-order valence-corrected chi connectivity index (χ3v) is 3.24. The Morgan fingerprint density at radius 1 is 1.67 bits per heavy atom. The second kappa shape index (κ2) is 4.38. The number of carbonyl (C=O) groups excluding carboxylic acids is 1. The first-order chi connectivity index (χ1) is 7.22. The number of hydrogen-bond acceptors (Lipinski definition) is 2. The molecule has 3 nitrogen and oxygen atoms in total. The van der Waals surface area contributed by atoms with Gasteiger partial charge in [-0.2, -0.15) is 4.58 Å². The average molecular weight is 315 g/mol. The minimum atomic E-state index is -0.00212. The molecule has 0 bridgehead atoms. The summed E-state index contributed by atoms with van der Waals surface area (Å²) in [6.07, 6.45) is 9.08. The van der Waals surface area contributed by atoms with Gasteiger partial charge in [-0.15, -0.1) is 0 Å². The second-order valence-electron chi connectivity index (χ2n) is 3.53. The van der Waals surface area contributed by atoms with Gasteiger partial charge in [-0.05, 0) is 6.42 Å². The standard InChI is InChI=1S/C11H12IN2O/c1-2-3-9(15)8-4-5-14-10(12)7-13-11(14)6-8/h4-7,11H,2-3H2,1H3/q+1. The fourth-order valence-corrected chi connectivity index (χ4v) is 2.23. The van der Waals surface area contributed by atoms with E-state index in [1.807, 2.05) is 36.1 Å². The van der Waals surface area contributed by atoms with Crippen molar-refractivity contribution in [2.75, 3.05) is 0 Å². The predicted octanol–water partition coefficient (Wildman–Crippen LogP) is 2.07. The lowest BCUT2D eigenvalue weighted by Crippen LogP contribution is -2.21. The molecule has 2 heterocycles. The first-order valence-corrected chi connectivity index (χ1v) is 6.07. The van der Waals surface area contributed by atoms with Crippen molar-refractivity contribution in [2.24, 2.45) is 4.99 Å². The molecule has 0 aromatic rings. The van der Waals surface area contributed by atoms with Gasteiger partial charge < -0.3 is 0 Å². The van der Waals surface area contributed by atoms with Gasteiger partial charge in [0, 0.05) is 46.7 Å². The van der Waals surface area contributed by atoms with Crippen molar-refractivity contribution in [2.45, 2.75) is 25.9 Å². The maximum Gasteiger partial charge on any atom is 0.272 e. The molecule has 0 aliphatic carbocycles. The number of halogens is 1. The van der Waals surface area contributed by atoms with Crippen LogP contribution in [0.1, 0.15) is 19.8 Å². The fourth-order valence-electron chi connectivity index (χ4n) is 1.62. The zero-order valence-electron chi connectivity index (χ0n) is 8.48. The molecular weight excluding hydrogens is 303 g/mol. The summed E-state index contributed by atoms with van der Waals surface area (Å²) >= 11 is 2.24. The van der Waals surface area contributed by atoms with Crippen molar-refractivity contribution in [3.05, 3.63) is 23.9 Å². The Morgan fingerprint density at radius 2 is 2.47 bits per heavy atom. The van der Waals surface area contributed by atoms with Gasteiger partial charge in [0.15, 0.2) is 12.0 Å². The third kappa shape index (κ3) is 2.09. The van der Waals surface area contributed by atoms with Crippen LogP contribution in [0.2, 0.25) is 0 Å². The second-order valence-corrected chi connectivity index (χ2v) is 4.64. The molecule has 0 aromatic heterocycles. The lowest BCUT2D eigenvalue weighted by Gasteiger charge is -2.07. The van der Waals surface area contributed by atoms with Gasteiger partial charge in [0.2, 0.25) is 0 Å². The zero-order chi connectivity index (χ0) is 10.8. The van der Waals surface area contributed by atoms with E-state index >= 15 is 0 Å². The molecule has 0 saturated carbocycles. The average Bonchev–Trinajstić information content (AvgIpc) is 2.60. The Balaban J connectivity index is 2.20. The van der Waals surface area contributed by atoms with E-state index in [2.05, 4.69) is 27.6 Å². The zero-order valence-corrected chi connectivity index (χ0v) is 10.6. The smallest absolute Gasteiger partial charge is 0.272 e. The number of ketones is 1. The van der Waals surface area contributed by atoms with Crippen LogP contribution in [0, 0.1) is 0 Å². The monoisotopic (exact) mass is 315 g/mol. The summed E-state index contributed by atoms with van der Waals surface area (Å²) in [5.41, 5.74) is 0.793. The molecule has 15 heavy (non-hydrogen) atoms. The highest BCUT2D eigenvalue weighted by Crippen LogP contribution is 2.17. The fraction of sp³-hybridized carbons (Fsp3) is 0.364. The molecule has 0 fully saturated rings. The highest BCUT2D eigenvalue weighted by Gasteiger charge is 2.28. The lowest BCUT2D eigenvalue weighted by molar-refractivity contribution is -0.477. The van der Waals surface area contributed by atoms with E-state index in [4.69, 9.17) is 0 Å². The van der Waals surface area contributed by atoms with Gasteiger partial charge >= 0.3 is 0 Å². The molecule has 0 N–H and O–H groups in total. The Kier molecular flexibility index (Phi) is 3.14. The first-order valence-electron chi connectivity index (χ1n) is 4.99. The largest absolute Gasteiger partial charge is 0.294 e. The van der Waals surface area contributed by atoms with Crippen molar-refractivity contribution in [1.29, 1.82) is 0 Å². The molecule has 78 valence electrons.